The summed E-state index contributed by atoms with van der Waals surface area (Å²) in [5.41, 5.74) is 1.47. The number of unbranched alkanes of at least 4 members (excludes halogenated alkanes) is 2. The van der Waals surface area contributed by atoms with Crippen LogP contribution < -0.4 is 5.32 Å². The number of hydrogen-bond acceptors (Lipinski definition) is 2. The highest BCUT2D eigenvalue weighted by molar-refractivity contribution is 7.10. The van der Waals surface area contributed by atoms with Crippen LogP contribution in [-0.4, -0.2) is 13.1 Å². The number of aryl methyl sites for hydroxylation is 2. The monoisotopic (exact) mass is 239 g/mol. The summed E-state index contributed by atoms with van der Waals surface area (Å²) in [5.74, 6) is 0.772. The molecule has 0 aromatic carbocycles. The molecule has 2 heteroatoms. The van der Waals surface area contributed by atoms with Crippen LogP contribution >= 0.6 is 11.3 Å². The van der Waals surface area contributed by atoms with E-state index in [9.17, 15) is 0 Å². The molecule has 0 spiro atoms. The van der Waals surface area contributed by atoms with E-state index in [2.05, 4.69) is 37.5 Å². The molecule has 0 saturated heterocycles. The molecule has 1 aromatic rings. The second-order valence-electron chi connectivity index (χ2n) is 4.94. The zero-order chi connectivity index (χ0) is 11.8. The molecule has 0 amide bonds. The van der Waals surface area contributed by atoms with Gasteiger partial charge in [-0.05, 0) is 62.2 Å². The first kappa shape index (κ1) is 13.7. The van der Waals surface area contributed by atoms with Gasteiger partial charge in [0.15, 0.2) is 0 Å². The lowest BCUT2D eigenvalue weighted by atomic mass is 10.1. The first-order chi connectivity index (χ1) is 7.70. The zero-order valence-electron chi connectivity index (χ0n) is 10.9. The Balaban J connectivity index is 1.94. The summed E-state index contributed by atoms with van der Waals surface area (Å²) in [6.45, 7) is 9.07. The van der Waals surface area contributed by atoms with E-state index in [0.717, 1.165) is 12.5 Å². The smallest absolute Gasteiger partial charge is 0.00743 e. The van der Waals surface area contributed by atoms with Gasteiger partial charge in [0.1, 0.15) is 0 Å². The highest BCUT2D eigenvalue weighted by Crippen LogP contribution is 2.18. The Kier molecular flexibility index (Phi) is 6.74. The quantitative estimate of drug-likeness (QED) is 0.676. The van der Waals surface area contributed by atoms with Crippen LogP contribution in [0.5, 0.6) is 0 Å². The predicted octanol–water partition coefficient (Wildman–Crippen LogP) is 4.01. The van der Waals surface area contributed by atoms with Crippen molar-refractivity contribution < 1.29 is 0 Å². The Morgan fingerprint density at radius 2 is 2.06 bits per heavy atom. The molecule has 0 bridgehead atoms. The van der Waals surface area contributed by atoms with Crippen molar-refractivity contribution in [1.82, 2.24) is 5.32 Å². The molecule has 0 unspecified atom stereocenters. The summed E-state index contributed by atoms with van der Waals surface area (Å²) in [6.07, 6.45) is 5.28. The highest BCUT2D eigenvalue weighted by Gasteiger charge is 1.99. The van der Waals surface area contributed by atoms with Gasteiger partial charge in [0.2, 0.25) is 0 Å². The van der Waals surface area contributed by atoms with Gasteiger partial charge in [-0.15, -0.1) is 11.3 Å². The predicted molar refractivity (Wildman–Crippen MR) is 74.3 cm³/mol. The molecular formula is C14H25NS. The van der Waals surface area contributed by atoms with Crippen molar-refractivity contribution in [3.8, 4) is 0 Å². The number of hydrogen-bond donors (Lipinski definition) is 1. The van der Waals surface area contributed by atoms with Crippen LogP contribution in [0.25, 0.3) is 0 Å². The average molecular weight is 239 g/mol. The van der Waals surface area contributed by atoms with Gasteiger partial charge in [-0.25, -0.2) is 0 Å². The molecule has 1 N–H and O–H groups in total. The van der Waals surface area contributed by atoms with E-state index < -0.39 is 0 Å². The minimum Gasteiger partial charge on any atom is -0.316 e. The van der Waals surface area contributed by atoms with Gasteiger partial charge >= 0.3 is 0 Å². The third kappa shape index (κ3) is 5.66. The molecule has 0 fully saturated rings. The molecule has 0 aliphatic rings. The molecule has 1 nitrogen and oxygen atoms in total. The van der Waals surface area contributed by atoms with Crippen molar-refractivity contribution in [2.75, 3.05) is 13.1 Å². The Morgan fingerprint density at radius 1 is 1.25 bits per heavy atom. The largest absolute Gasteiger partial charge is 0.316 e. The third-order valence-electron chi connectivity index (χ3n) is 2.78. The summed E-state index contributed by atoms with van der Waals surface area (Å²) in [7, 11) is 0. The SMILES string of the molecule is Cc1ccsc1CCCCCNCC(C)C. The van der Waals surface area contributed by atoms with Crippen molar-refractivity contribution in [1.29, 1.82) is 0 Å². The van der Waals surface area contributed by atoms with Gasteiger partial charge in [0.25, 0.3) is 0 Å². The standard InChI is InChI=1S/C14H25NS/c1-12(2)11-15-9-6-4-5-7-14-13(3)8-10-16-14/h8,10,12,15H,4-7,9,11H2,1-3H3. The maximum absolute atomic E-state index is 3.49. The van der Waals surface area contributed by atoms with Crippen LogP contribution in [0.15, 0.2) is 11.4 Å². The second kappa shape index (κ2) is 7.86. The summed E-state index contributed by atoms with van der Waals surface area (Å²) >= 11 is 1.91. The van der Waals surface area contributed by atoms with Crippen molar-refractivity contribution in [3.05, 3.63) is 21.9 Å². The Labute approximate surface area is 104 Å². The van der Waals surface area contributed by atoms with Crippen molar-refractivity contribution in [2.24, 2.45) is 5.92 Å². The maximum atomic E-state index is 3.49. The van der Waals surface area contributed by atoms with E-state index in [1.807, 2.05) is 11.3 Å². The molecule has 1 aromatic heterocycles. The van der Waals surface area contributed by atoms with Crippen molar-refractivity contribution in [2.45, 2.75) is 46.5 Å². The van der Waals surface area contributed by atoms with Crippen LogP contribution in [0.4, 0.5) is 0 Å². The van der Waals surface area contributed by atoms with Gasteiger partial charge in [-0.1, -0.05) is 20.3 Å². The Morgan fingerprint density at radius 3 is 2.69 bits per heavy atom. The van der Waals surface area contributed by atoms with Crippen molar-refractivity contribution >= 4 is 11.3 Å². The molecule has 0 atom stereocenters. The normalized spacial score (nSPS) is 11.2. The number of nitrogens with one attached hydrogen (secondary N) is 1. The molecule has 0 aliphatic heterocycles. The van der Waals surface area contributed by atoms with Crippen LogP contribution in [0.1, 0.15) is 43.6 Å². The van der Waals surface area contributed by atoms with E-state index in [4.69, 9.17) is 0 Å². The molecule has 0 saturated carbocycles. The lowest BCUT2D eigenvalue weighted by molar-refractivity contribution is 0.530. The van der Waals surface area contributed by atoms with Gasteiger partial charge in [0, 0.05) is 4.88 Å². The van der Waals surface area contributed by atoms with Crippen molar-refractivity contribution in [3.63, 3.8) is 0 Å². The summed E-state index contributed by atoms with van der Waals surface area (Å²) in [5, 5.41) is 5.70. The summed E-state index contributed by atoms with van der Waals surface area (Å²) in [6, 6.07) is 2.23. The average Bonchev–Trinajstić information content (AvgIpc) is 2.62. The van der Waals surface area contributed by atoms with E-state index in [1.165, 1.54) is 37.8 Å². The van der Waals surface area contributed by atoms with Gasteiger partial charge in [0.05, 0.1) is 0 Å². The van der Waals surface area contributed by atoms with Gasteiger partial charge in [-0.2, -0.15) is 0 Å². The van der Waals surface area contributed by atoms with E-state index in [0.29, 0.717) is 0 Å². The molecule has 1 heterocycles. The first-order valence-corrected chi connectivity index (χ1v) is 7.32. The van der Waals surface area contributed by atoms with Crippen LogP contribution in [0, 0.1) is 12.8 Å². The topological polar surface area (TPSA) is 12.0 Å². The molecule has 16 heavy (non-hydrogen) atoms. The third-order valence-corrected chi connectivity index (χ3v) is 3.86. The number of rotatable bonds is 8. The second-order valence-corrected chi connectivity index (χ2v) is 5.94. The minimum atomic E-state index is 0.772. The lowest BCUT2D eigenvalue weighted by Gasteiger charge is -2.06. The Bertz CT molecular complexity index is 278. The van der Waals surface area contributed by atoms with E-state index >= 15 is 0 Å². The molecule has 0 aliphatic carbocycles. The Hall–Kier alpha value is -0.340. The van der Waals surface area contributed by atoms with Crippen LogP contribution in [0.3, 0.4) is 0 Å². The van der Waals surface area contributed by atoms with Crippen LogP contribution in [0.2, 0.25) is 0 Å². The molecule has 92 valence electrons. The molecule has 0 radical (unpaired) electrons. The summed E-state index contributed by atoms with van der Waals surface area (Å²) < 4.78 is 0. The fraction of sp³-hybridized carbons (Fsp3) is 0.714. The number of thiophene rings is 1. The van der Waals surface area contributed by atoms with E-state index in [-0.39, 0.29) is 0 Å². The zero-order valence-corrected chi connectivity index (χ0v) is 11.7. The first-order valence-electron chi connectivity index (χ1n) is 6.44. The fourth-order valence-electron chi connectivity index (χ4n) is 1.76. The van der Waals surface area contributed by atoms with Crippen LogP contribution in [-0.2, 0) is 6.42 Å². The minimum absolute atomic E-state index is 0.772. The van der Waals surface area contributed by atoms with E-state index in [1.54, 1.807) is 4.88 Å². The fourth-order valence-corrected chi connectivity index (χ4v) is 2.72. The highest BCUT2D eigenvalue weighted by atomic mass is 32.1. The van der Waals surface area contributed by atoms with Gasteiger partial charge < -0.3 is 5.32 Å². The molecule has 1 rings (SSSR count). The summed E-state index contributed by atoms with van der Waals surface area (Å²) in [4.78, 5) is 1.58. The van der Waals surface area contributed by atoms with Gasteiger partial charge in [-0.3, -0.25) is 0 Å². The lowest BCUT2D eigenvalue weighted by Crippen LogP contribution is -2.20. The maximum Gasteiger partial charge on any atom is 0.00743 e. The molecular weight excluding hydrogens is 214 g/mol.